The SMILES string of the molecule is COC(=O)c1ccc(CN(C(=O)N2CCSCC2)c2ccc(CN3CCN(C4COC4)CC3)cc2)c(F)c1. The predicted molar refractivity (Wildman–Crippen MR) is 146 cm³/mol. The number of methoxy groups -OCH3 is 1. The van der Waals surface area contributed by atoms with Gasteiger partial charge in [0.1, 0.15) is 5.82 Å². The standard InChI is InChI=1S/C28H35FN4O4S/c1-36-27(34)22-4-5-23(26(29)16-22)18-33(28(35)32-12-14-38-15-13-32)24-6-2-21(3-7-24)17-30-8-10-31(11-9-30)25-19-37-20-25/h2-7,16,25H,8-15,17-20H2,1H3. The fraction of sp³-hybridized carbons (Fsp3) is 0.500. The summed E-state index contributed by atoms with van der Waals surface area (Å²) in [7, 11) is 1.26. The number of thioether (sulfide) groups is 1. The van der Waals surface area contributed by atoms with Crippen molar-refractivity contribution in [2.24, 2.45) is 0 Å². The molecular formula is C28H35FN4O4S. The maximum atomic E-state index is 15.0. The molecule has 0 spiro atoms. The number of amides is 2. The molecule has 2 aromatic rings. The van der Waals surface area contributed by atoms with E-state index >= 15 is 0 Å². The Labute approximate surface area is 227 Å². The summed E-state index contributed by atoms with van der Waals surface area (Å²) in [5, 5.41) is 0. The first-order valence-corrected chi connectivity index (χ1v) is 14.3. The van der Waals surface area contributed by atoms with Gasteiger partial charge < -0.3 is 14.4 Å². The summed E-state index contributed by atoms with van der Waals surface area (Å²) in [4.78, 5) is 33.8. The molecule has 3 aliphatic rings. The highest BCUT2D eigenvalue weighted by atomic mass is 32.2. The number of halogens is 1. The molecule has 0 N–H and O–H groups in total. The zero-order valence-electron chi connectivity index (χ0n) is 21.8. The van der Waals surface area contributed by atoms with Gasteiger partial charge in [0.15, 0.2) is 0 Å². The van der Waals surface area contributed by atoms with Crippen LogP contribution in [0.25, 0.3) is 0 Å². The van der Waals surface area contributed by atoms with Crippen LogP contribution in [0.4, 0.5) is 14.9 Å². The number of nitrogens with zero attached hydrogens (tertiary/aromatic N) is 4. The molecular weight excluding hydrogens is 507 g/mol. The van der Waals surface area contributed by atoms with Gasteiger partial charge in [0.2, 0.25) is 0 Å². The molecule has 3 saturated heterocycles. The van der Waals surface area contributed by atoms with Crippen LogP contribution in [0.5, 0.6) is 0 Å². The predicted octanol–water partition coefficient (Wildman–Crippen LogP) is 3.30. The molecule has 38 heavy (non-hydrogen) atoms. The van der Waals surface area contributed by atoms with Crippen LogP contribution in [0.2, 0.25) is 0 Å². The third-order valence-electron chi connectivity index (χ3n) is 7.51. The zero-order chi connectivity index (χ0) is 26.5. The number of urea groups is 1. The molecule has 0 bridgehead atoms. The molecule has 0 radical (unpaired) electrons. The second-order valence-corrected chi connectivity index (χ2v) is 11.2. The molecule has 10 heteroatoms. The summed E-state index contributed by atoms with van der Waals surface area (Å²) in [6.07, 6.45) is 0. The van der Waals surface area contributed by atoms with E-state index in [1.807, 2.05) is 28.8 Å². The molecule has 0 saturated carbocycles. The monoisotopic (exact) mass is 542 g/mol. The van der Waals surface area contributed by atoms with Crippen molar-refractivity contribution in [3.8, 4) is 0 Å². The minimum absolute atomic E-state index is 0.0714. The van der Waals surface area contributed by atoms with Crippen molar-refractivity contribution in [3.63, 3.8) is 0 Å². The van der Waals surface area contributed by atoms with Crippen LogP contribution < -0.4 is 4.90 Å². The van der Waals surface area contributed by atoms with Gasteiger partial charge in [-0.05, 0) is 29.8 Å². The maximum absolute atomic E-state index is 15.0. The lowest BCUT2D eigenvalue weighted by molar-refractivity contribution is -0.0774. The Morgan fingerprint density at radius 3 is 2.34 bits per heavy atom. The number of hydrogen-bond acceptors (Lipinski definition) is 7. The largest absolute Gasteiger partial charge is 0.465 e. The van der Waals surface area contributed by atoms with Gasteiger partial charge in [0.05, 0.1) is 38.5 Å². The number of esters is 1. The van der Waals surface area contributed by atoms with Gasteiger partial charge >= 0.3 is 12.0 Å². The Hall–Kier alpha value is -2.66. The van der Waals surface area contributed by atoms with Crippen molar-refractivity contribution >= 4 is 29.4 Å². The third kappa shape index (κ3) is 6.31. The van der Waals surface area contributed by atoms with E-state index in [9.17, 15) is 14.0 Å². The van der Waals surface area contributed by atoms with Crippen molar-refractivity contribution in [1.29, 1.82) is 0 Å². The number of ether oxygens (including phenoxy) is 2. The smallest absolute Gasteiger partial charge is 0.337 e. The first-order valence-electron chi connectivity index (χ1n) is 13.2. The Morgan fingerprint density at radius 1 is 1.03 bits per heavy atom. The molecule has 2 amide bonds. The first kappa shape index (κ1) is 26.9. The van der Waals surface area contributed by atoms with Gasteiger partial charge in [0.25, 0.3) is 0 Å². The lowest BCUT2D eigenvalue weighted by atomic mass is 10.1. The lowest BCUT2D eigenvalue weighted by Crippen LogP contribution is -2.56. The highest BCUT2D eigenvalue weighted by molar-refractivity contribution is 7.99. The molecule has 2 aromatic carbocycles. The molecule has 3 heterocycles. The molecule has 3 fully saturated rings. The summed E-state index contributed by atoms with van der Waals surface area (Å²) in [6, 6.07) is 12.7. The van der Waals surface area contributed by atoms with E-state index in [1.165, 1.54) is 24.8 Å². The normalized spacial score (nSPS) is 19.2. The van der Waals surface area contributed by atoms with Gasteiger partial charge in [-0.2, -0.15) is 11.8 Å². The van der Waals surface area contributed by atoms with E-state index in [0.717, 1.165) is 63.1 Å². The van der Waals surface area contributed by atoms with E-state index in [-0.39, 0.29) is 18.1 Å². The van der Waals surface area contributed by atoms with E-state index < -0.39 is 11.8 Å². The quantitative estimate of drug-likeness (QED) is 0.498. The van der Waals surface area contributed by atoms with Gasteiger partial charge in [-0.3, -0.25) is 14.7 Å². The Morgan fingerprint density at radius 2 is 1.74 bits per heavy atom. The fourth-order valence-corrected chi connectivity index (χ4v) is 5.95. The highest BCUT2D eigenvalue weighted by Gasteiger charge is 2.29. The molecule has 3 aliphatic heterocycles. The molecule has 8 nitrogen and oxygen atoms in total. The topological polar surface area (TPSA) is 65.6 Å². The van der Waals surface area contributed by atoms with Crippen LogP contribution in [0.1, 0.15) is 21.5 Å². The van der Waals surface area contributed by atoms with E-state index in [0.29, 0.717) is 24.7 Å². The van der Waals surface area contributed by atoms with Crippen molar-refractivity contribution in [1.82, 2.24) is 14.7 Å². The third-order valence-corrected chi connectivity index (χ3v) is 8.46. The average molecular weight is 543 g/mol. The summed E-state index contributed by atoms with van der Waals surface area (Å²) in [5.74, 6) is 0.649. The van der Waals surface area contributed by atoms with Crippen molar-refractivity contribution in [2.75, 3.05) is 76.0 Å². The molecule has 0 aliphatic carbocycles. The summed E-state index contributed by atoms with van der Waals surface area (Å²) in [6.45, 7) is 8.14. The number of carbonyl (C=O) groups excluding carboxylic acids is 2. The Kier molecular flexibility index (Phi) is 8.83. The van der Waals surface area contributed by atoms with E-state index in [2.05, 4.69) is 21.9 Å². The average Bonchev–Trinajstić information content (AvgIpc) is 2.93. The van der Waals surface area contributed by atoms with Crippen LogP contribution in [0.15, 0.2) is 42.5 Å². The number of piperazine rings is 1. The Balaban J connectivity index is 1.29. The summed E-state index contributed by atoms with van der Waals surface area (Å²) < 4.78 is 25.0. The number of benzene rings is 2. The van der Waals surface area contributed by atoms with Crippen LogP contribution in [-0.4, -0.2) is 104 Å². The second-order valence-electron chi connectivity index (χ2n) is 9.94. The Bertz CT molecular complexity index is 1120. The highest BCUT2D eigenvalue weighted by Crippen LogP contribution is 2.24. The molecule has 0 aromatic heterocycles. The van der Waals surface area contributed by atoms with Crippen LogP contribution in [0.3, 0.4) is 0 Å². The summed E-state index contributed by atoms with van der Waals surface area (Å²) >= 11 is 1.83. The van der Waals surface area contributed by atoms with Gasteiger partial charge in [-0.1, -0.05) is 18.2 Å². The second kappa shape index (κ2) is 12.5. The molecule has 5 rings (SSSR count). The number of carbonyl (C=O) groups is 2. The molecule has 0 atom stereocenters. The number of rotatable bonds is 7. The van der Waals surface area contributed by atoms with Gasteiger partial charge in [-0.25, -0.2) is 14.0 Å². The van der Waals surface area contributed by atoms with Crippen LogP contribution >= 0.6 is 11.8 Å². The molecule has 0 unspecified atom stereocenters. The zero-order valence-corrected chi connectivity index (χ0v) is 22.6. The minimum atomic E-state index is -0.594. The van der Waals surface area contributed by atoms with Crippen molar-refractivity contribution < 1.29 is 23.5 Å². The number of hydrogen-bond donors (Lipinski definition) is 0. The minimum Gasteiger partial charge on any atom is -0.465 e. The van der Waals surface area contributed by atoms with E-state index in [4.69, 9.17) is 9.47 Å². The first-order chi connectivity index (χ1) is 18.5. The molecule has 204 valence electrons. The lowest BCUT2D eigenvalue weighted by Gasteiger charge is -2.42. The maximum Gasteiger partial charge on any atom is 0.337 e. The van der Waals surface area contributed by atoms with Crippen LogP contribution in [-0.2, 0) is 22.6 Å². The fourth-order valence-electron chi connectivity index (χ4n) is 5.05. The van der Waals surface area contributed by atoms with Crippen molar-refractivity contribution in [2.45, 2.75) is 19.1 Å². The van der Waals surface area contributed by atoms with E-state index in [1.54, 1.807) is 11.0 Å². The van der Waals surface area contributed by atoms with Gasteiger partial charge in [0, 0.05) is 68.6 Å². The van der Waals surface area contributed by atoms with Gasteiger partial charge in [-0.15, -0.1) is 0 Å². The van der Waals surface area contributed by atoms with Crippen LogP contribution in [0, 0.1) is 5.82 Å². The van der Waals surface area contributed by atoms with Crippen molar-refractivity contribution in [3.05, 3.63) is 65.0 Å². The number of anilines is 1. The summed E-state index contributed by atoms with van der Waals surface area (Å²) in [5.41, 5.74) is 2.40.